The fourth-order valence-corrected chi connectivity index (χ4v) is 4.58. The number of benzene rings is 3. The monoisotopic (exact) mass is 456 g/mol. The number of para-hydroxylation sites is 1. The molecule has 0 aromatic heterocycles. The maximum absolute atomic E-state index is 13.3. The van der Waals surface area contributed by atoms with Crippen LogP contribution >= 0.6 is 0 Å². The van der Waals surface area contributed by atoms with E-state index in [4.69, 9.17) is 4.74 Å². The SMILES string of the molecule is CCOc1ccc([C@@H](C)NC(=O)CN(c2ccccc2)S(=O)(=O)c2ccc(F)cc2)cc1. The molecule has 0 spiro atoms. The summed E-state index contributed by atoms with van der Waals surface area (Å²) in [7, 11) is -4.09. The van der Waals surface area contributed by atoms with Crippen molar-refractivity contribution >= 4 is 21.6 Å². The molecule has 0 aliphatic rings. The summed E-state index contributed by atoms with van der Waals surface area (Å²) in [5, 5.41) is 2.83. The molecular formula is C24H25FN2O4S. The molecule has 0 aliphatic heterocycles. The first-order chi connectivity index (χ1) is 15.3. The molecule has 0 saturated heterocycles. The lowest BCUT2D eigenvalue weighted by molar-refractivity contribution is -0.120. The van der Waals surface area contributed by atoms with Crippen LogP contribution in [0.1, 0.15) is 25.5 Å². The first-order valence-electron chi connectivity index (χ1n) is 10.2. The number of anilines is 1. The van der Waals surface area contributed by atoms with E-state index in [1.54, 1.807) is 30.3 Å². The van der Waals surface area contributed by atoms with Gasteiger partial charge in [-0.3, -0.25) is 9.10 Å². The summed E-state index contributed by atoms with van der Waals surface area (Å²) in [6.45, 7) is 3.85. The van der Waals surface area contributed by atoms with Gasteiger partial charge >= 0.3 is 0 Å². The van der Waals surface area contributed by atoms with E-state index < -0.39 is 28.3 Å². The number of carbonyl (C=O) groups is 1. The third-order valence-electron chi connectivity index (χ3n) is 4.80. The Morgan fingerprint density at radius 1 is 1.00 bits per heavy atom. The topological polar surface area (TPSA) is 75.7 Å². The third-order valence-corrected chi connectivity index (χ3v) is 6.59. The maximum atomic E-state index is 13.3. The molecule has 3 aromatic rings. The van der Waals surface area contributed by atoms with E-state index in [0.29, 0.717) is 12.3 Å². The van der Waals surface area contributed by atoms with Gasteiger partial charge in [0.05, 0.1) is 23.2 Å². The molecule has 3 rings (SSSR count). The molecule has 0 saturated carbocycles. The summed E-state index contributed by atoms with van der Waals surface area (Å²) in [6, 6.07) is 19.8. The Hall–Kier alpha value is -3.39. The Bertz CT molecular complexity index is 1130. The lowest BCUT2D eigenvalue weighted by Gasteiger charge is -2.25. The van der Waals surface area contributed by atoms with Crippen molar-refractivity contribution in [2.24, 2.45) is 0 Å². The van der Waals surface area contributed by atoms with Gasteiger partial charge in [0.2, 0.25) is 5.91 Å². The van der Waals surface area contributed by atoms with Crippen molar-refractivity contribution in [2.45, 2.75) is 24.8 Å². The van der Waals surface area contributed by atoms with Crippen molar-refractivity contribution in [3.63, 3.8) is 0 Å². The largest absolute Gasteiger partial charge is 0.494 e. The van der Waals surface area contributed by atoms with Gasteiger partial charge in [-0.1, -0.05) is 30.3 Å². The molecule has 8 heteroatoms. The summed E-state index contributed by atoms with van der Waals surface area (Å²) in [5.41, 5.74) is 1.19. The Kier molecular flexibility index (Phi) is 7.48. The second kappa shape index (κ2) is 10.3. The second-order valence-electron chi connectivity index (χ2n) is 7.09. The lowest BCUT2D eigenvalue weighted by Crippen LogP contribution is -2.41. The van der Waals surface area contributed by atoms with Gasteiger partial charge in [0.15, 0.2) is 0 Å². The number of amides is 1. The van der Waals surface area contributed by atoms with Gasteiger partial charge < -0.3 is 10.1 Å². The predicted molar refractivity (Wildman–Crippen MR) is 122 cm³/mol. The molecule has 6 nitrogen and oxygen atoms in total. The van der Waals surface area contributed by atoms with Gasteiger partial charge in [0.25, 0.3) is 10.0 Å². The third kappa shape index (κ3) is 5.64. The number of halogens is 1. The van der Waals surface area contributed by atoms with Crippen molar-refractivity contribution in [1.29, 1.82) is 0 Å². The molecule has 1 amide bonds. The number of sulfonamides is 1. The standard InChI is InChI=1S/C24H25FN2O4S/c1-3-31-22-13-9-19(10-14-22)18(2)26-24(28)17-27(21-7-5-4-6-8-21)32(29,30)23-15-11-20(25)12-16-23/h4-16,18H,3,17H2,1-2H3,(H,26,28)/t18-/m1/s1. The van der Waals surface area contributed by atoms with Gasteiger partial charge in [0, 0.05) is 0 Å². The summed E-state index contributed by atoms with van der Waals surface area (Å²) >= 11 is 0. The van der Waals surface area contributed by atoms with Crippen LogP contribution in [0.25, 0.3) is 0 Å². The lowest BCUT2D eigenvalue weighted by atomic mass is 10.1. The van der Waals surface area contributed by atoms with E-state index >= 15 is 0 Å². The minimum Gasteiger partial charge on any atom is -0.494 e. The molecule has 0 bridgehead atoms. The van der Waals surface area contributed by atoms with Crippen LogP contribution in [0.15, 0.2) is 83.8 Å². The smallest absolute Gasteiger partial charge is 0.264 e. The Morgan fingerprint density at radius 2 is 1.62 bits per heavy atom. The zero-order chi connectivity index (χ0) is 23.1. The number of nitrogens with one attached hydrogen (secondary N) is 1. The summed E-state index contributed by atoms with van der Waals surface area (Å²) < 4.78 is 46.2. The molecule has 0 aliphatic carbocycles. The summed E-state index contributed by atoms with van der Waals surface area (Å²) in [4.78, 5) is 12.7. The molecule has 168 valence electrons. The number of nitrogens with zero attached hydrogens (tertiary/aromatic N) is 1. The molecule has 1 N–H and O–H groups in total. The van der Waals surface area contributed by atoms with Crippen molar-refractivity contribution < 1.29 is 22.3 Å². The maximum Gasteiger partial charge on any atom is 0.264 e. The number of hydrogen-bond acceptors (Lipinski definition) is 4. The minimum absolute atomic E-state index is 0.102. The van der Waals surface area contributed by atoms with Gasteiger partial charge in [-0.25, -0.2) is 12.8 Å². The van der Waals surface area contributed by atoms with E-state index in [9.17, 15) is 17.6 Å². The zero-order valence-electron chi connectivity index (χ0n) is 17.9. The van der Waals surface area contributed by atoms with Crippen molar-refractivity contribution in [3.8, 4) is 5.75 Å². The zero-order valence-corrected chi connectivity index (χ0v) is 18.7. The number of hydrogen-bond donors (Lipinski definition) is 1. The first-order valence-corrected chi connectivity index (χ1v) is 11.6. The van der Waals surface area contributed by atoms with Crippen molar-refractivity contribution in [3.05, 3.63) is 90.2 Å². The van der Waals surface area contributed by atoms with Gasteiger partial charge in [-0.15, -0.1) is 0 Å². The Labute approximate surface area is 187 Å². The van der Waals surface area contributed by atoms with Crippen LogP contribution in [0.4, 0.5) is 10.1 Å². The van der Waals surface area contributed by atoms with Gasteiger partial charge in [-0.05, 0) is 67.9 Å². The highest BCUT2D eigenvalue weighted by Gasteiger charge is 2.27. The molecule has 0 heterocycles. The van der Waals surface area contributed by atoms with Crippen LogP contribution in [0, 0.1) is 5.82 Å². The van der Waals surface area contributed by atoms with Crippen LogP contribution < -0.4 is 14.4 Å². The molecule has 0 radical (unpaired) electrons. The first kappa shape index (κ1) is 23.3. The molecule has 0 unspecified atom stereocenters. The van der Waals surface area contributed by atoms with Crippen molar-refractivity contribution in [1.82, 2.24) is 5.32 Å². The van der Waals surface area contributed by atoms with Crippen LogP contribution in [0.5, 0.6) is 5.75 Å². The average molecular weight is 457 g/mol. The fraction of sp³-hybridized carbons (Fsp3) is 0.208. The molecule has 3 aromatic carbocycles. The average Bonchev–Trinajstić information content (AvgIpc) is 2.79. The summed E-state index contributed by atoms with van der Waals surface area (Å²) in [6.07, 6.45) is 0. The van der Waals surface area contributed by atoms with E-state index in [-0.39, 0.29) is 10.9 Å². The van der Waals surface area contributed by atoms with Crippen LogP contribution in [0.2, 0.25) is 0 Å². The van der Waals surface area contributed by atoms with Gasteiger partial charge in [-0.2, -0.15) is 0 Å². The number of rotatable bonds is 9. The van der Waals surface area contributed by atoms with Crippen molar-refractivity contribution in [2.75, 3.05) is 17.5 Å². The fourth-order valence-electron chi connectivity index (χ4n) is 3.16. The second-order valence-corrected chi connectivity index (χ2v) is 8.95. The quantitative estimate of drug-likeness (QED) is 0.521. The molecule has 32 heavy (non-hydrogen) atoms. The van der Waals surface area contributed by atoms with Crippen LogP contribution in [-0.2, 0) is 14.8 Å². The molecule has 0 fully saturated rings. The van der Waals surface area contributed by atoms with E-state index in [2.05, 4.69) is 5.32 Å². The number of ether oxygens (including phenoxy) is 1. The minimum atomic E-state index is -4.09. The highest BCUT2D eigenvalue weighted by Crippen LogP contribution is 2.24. The highest BCUT2D eigenvalue weighted by atomic mass is 32.2. The predicted octanol–water partition coefficient (Wildman–Crippen LogP) is 4.30. The highest BCUT2D eigenvalue weighted by molar-refractivity contribution is 7.92. The Morgan fingerprint density at radius 3 is 2.22 bits per heavy atom. The van der Waals surface area contributed by atoms with Crippen LogP contribution in [0.3, 0.4) is 0 Å². The summed E-state index contributed by atoms with van der Waals surface area (Å²) in [5.74, 6) is -0.284. The van der Waals surface area contributed by atoms with E-state index in [1.807, 2.05) is 38.1 Å². The van der Waals surface area contributed by atoms with E-state index in [1.165, 1.54) is 12.1 Å². The van der Waals surface area contributed by atoms with E-state index in [0.717, 1.165) is 27.8 Å². The normalized spacial score (nSPS) is 12.1. The Balaban J connectivity index is 1.80. The van der Waals surface area contributed by atoms with Gasteiger partial charge in [0.1, 0.15) is 18.1 Å². The van der Waals surface area contributed by atoms with Crippen LogP contribution in [-0.4, -0.2) is 27.5 Å². The number of carbonyl (C=O) groups excluding carboxylic acids is 1. The molecule has 1 atom stereocenters. The molecular weight excluding hydrogens is 431 g/mol.